The Kier molecular flexibility index (Phi) is 6.02. The van der Waals surface area contributed by atoms with Gasteiger partial charge in [0, 0.05) is 18.7 Å². The number of hydrogen-bond donors (Lipinski definition) is 1. The molecule has 0 saturated heterocycles. The summed E-state index contributed by atoms with van der Waals surface area (Å²) in [5.74, 6) is -0.560. The van der Waals surface area contributed by atoms with E-state index in [9.17, 15) is 9.59 Å². The number of ether oxygens (including phenoxy) is 2. The molecular formula is C14H19NO4. The molecule has 19 heavy (non-hydrogen) atoms. The van der Waals surface area contributed by atoms with Crippen molar-refractivity contribution in [1.29, 1.82) is 0 Å². The van der Waals surface area contributed by atoms with Crippen molar-refractivity contribution >= 4 is 11.9 Å². The van der Waals surface area contributed by atoms with Gasteiger partial charge in [0.15, 0.2) is 0 Å². The van der Waals surface area contributed by atoms with Crippen LogP contribution in [-0.2, 0) is 20.9 Å². The maximum absolute atomic E-state index is 12.0. The van der Waals surface area contributed by atoms with Gasteiger partial charge < -0.3 is 14.8 Å². The zero-order valence-electron chi connectivity index (χ0n) is 11.4. The highest BCUT2D eigenvalue weighted by Crippen LogP contribution is 2.07. The van der Waals surface area contributed by atoms with Crippen molar-refractivity contribution < 1.29 is 19.1 Å². The number of nitrogens with one attached hydrogen (secondary N) is 1. The summed E-state index contributed by atoms with van der Waals surface area (Å²) in [6.07, 6.45) is 0.153. The van der Waals surface area contributed by atoms with Crippen LogP contribution in [0.2, 0.25) is 0 Å². The van der Waals surface area contributed by atoms with Crippen LogP contribution >= 0.6 is 0 Å². The van der Waals surface area contributed by atoms with Crippen molar-refractivity contribution in [3.8, 4) is 0 Å². The monoisotopic (exact) mass is 265 g/mol. The minimum atomic E-state index is -0.346. The second-order valence-corrected chi connectivity index (χ2v) is 4.29. The first-order valence-corrected chi connectivity index (χ1v) is 6.02. The third-order valence-corrected chi connectivity index (χ3v) is 2.58. The fourth-order valence-electron chi connectivity index (χ4n) is 1.66. The molecule has 0 aromatic heterocycles. The molecule has 1 aromatic carbocycles. The molecule has 0 radical (unpaired) electrons. The smallest absolute Gasteiger partial charge is 0.307 e. The SMILES string of the molecule is COCc1cccc(C(=O)NC(C)CC(=O)OC)c1. The van der Waals surface area contributed by atoms with E-state index in [0.717, 1.165) is 5.56 Å². The predicted octanol–water partition coefficient (Wildman–Crippen LogP) is 1.51. The van der Waals surface area contributed by atoms with Crippen molar-refractivity contribution in [2.75, 3.05) is 14.2 Å². The highest BCUT2D eigenvalue weighted by atomic mass is 16.5. The van der Waals surface area contributed by atoms with Crippen molar-refractivity contribution in [3.05, 3.63) is 35.4 Å². The summed E-state index contributed by atoms with van der Waals surface area (Å²) in [5.41, 5.74) is 1.47. The maximum Gasteiger partial charge on any atom is 0.307 e. The normalized spacial score (nSPS) is 11.7. The summed E-state index contributed by atoms with van der Waals surface area (Å²) in [4.78, 5) is 23.1. The van der Waals surface area contributed by atoms with Crippen LogP contribution in [0.25, 0.3) is 0 Å². The fourth-order valence-corrected chi connectivity index (χ4v) is 1.66. The maximum atomic E-state index is 12.0. The van der Waals surface area contributed by atoms with Gasteiger partial charge in [0.25, 0.3) is 5.91 Å². The molecule has 0 fully saturated rings. The van der Waals surface area contributed by atoms with Crippen LogP contribution in [0, 0.1) is 0 Å². The Morgan fingerprint density at radius 2 is 2.05 bits per heavy atom. The van der Waals surface area contributed by atoms with Gasteiger partial charge in [0.1, 0.15) is 0 Å². The number of esters is 1. The van der Waals surface area contributed by atoms with E-state index in [1.165, 1.54) is 7.11 Å². The fraction of sp³-hybridized carbons (Fsp3) is 0.429. The molecular weight excluding hydrogens is 246 g/mol. The van der Waals surface area contributed by atoms with Gasteiger partial charge in [0.05, 0.1) is 20.1 Å². The molecule has 1 amide bonds. The van der Waals surface area contributed by atoms with Gasteiger partial charge in [-0.1, -0.05) is 12.1 Å². The standard InChI is InChI=1S/C14H19NO4/c1-10(7-13(16)19-3)15-14(17)12-6-4-5-11(8-12)9-18-2/h4-6,8,10H,7,9H2,1-3H3,(H,15,17). The van der Waals surface area contributed by atoms with E-state index in [4.69, 9.17) is 4.74 Å². The van der Waals surface area contributed by atoms with Gasteiger partial charge in [-0.2, -0.15) is 0 Å². The van der Waals surface area contributed by atoms with Crippen LogP contribution in [0.5, 0.6) is 0 Å². The van der Waals surface area contributed by atoms with E-state index in [-0.39, 0.29) is 24.3 Å². The summed E-state index contributed by atoms with van der Waals surface area (Å²) in [7, 11) is 2.93. The lowest BCUT2D eigenvalue weighted by molar-refractivity contribution is -0.141. The molecule has 0 aliphatic rings. The van der Waals surface area contributed by atoms with E-state index in [2.05, 4.69) is 10.1 Å². The first kappa shape index (κ1) is 15.2. The van der Waals surface area contributed by atoms with Gasteiger partial charge in [-0.15, -0.1) is 0 Å². The minimum absolute atomic E-state index is 0.153. The van der Waals surface area contributed by atoms with Gasteiger partial charge in [-0.25, -0.2) is 0 Å². The van der Waals surface area contributed by atoms with Crippen LogP contribution in [0.15, 0.2) is 24.3 Å². The highest BCUT2D eigenvalue weighted by Gasteiger charge is 2.13. The summed E-state index contributed by atoms with van der Waals surface area (Å²) in [5, 5.41) is 2.75. The van der Waals surface area contributed by atoms with E-state index in [0.29, 0.717) is 12.2 Å². The van der Waals surface area contributed by atoms with Crippen molar-refractivity contribution in [2.24, 2.45) is 0 Å². The lowest BCUT2D eigenvalue weighted by Gasteiger charge is -2.13. The molecule has 5 heteroatoms. The molecule has 1 unspecified atom stereocenters. The van der Waals surface area contributed by atoms with Crippen LogP contribution in [-0.4, -0.2) is 32.1 Å². The Morgan fingerprint density at radius 1 is 1.32 bits per heavy atom. The minimum Gasteiger partial charge on any atom is -0.469 e. The van der Waals surface area contributed by atoms with E-state index >= 15 is 0 Å². The van der Waals surface area contributed by atoms with E-state index < -0.39 is 0 Å². The molecule has 0 saturated carbocycles. The summed E-state index contributed by atoms with van der Waals surface area (Å²) < 4.78 is 9.57. The molecule has 5 nitrogen and oxygen atoms in total. The molecule has 1 aromatic rings. The summed E-state index contributed by atoms with van der Waals surface area (Å²) in [6, 6.07) is 6.90. The number of methoxy groups -OCH3 is 2. The molecule has 1 rings (SSSR count). The molecule has 0 heterocycles. The lowest BCUT2D eigenvalue weighted by atomic mass is 10.1. The van der Waals surface area contributed by atoms with Crippen molar-refractivity contribution in [3.63, 3.8) is 0 Å². The Labute approximate surface area is 112 Å². The Hall–Kier alpha value is -1.88. The third kappa shape index (κ3) is 5.09. The molecule has 0 spiro atoms. The largest absolute Gasteiger partial charge is 0.469 e. The van der Waals surface area contributed by atoms with Gasteiger partial charge in [0.2, 0.25) is 0 Å². The van der Waals surface area contributed by atoms with Crippen LogP contribution < -0.4 is 5.32 Å². The third-order valence-electron chi connectivity index (χ3n) is 2.58. The topological polar surface area (TPSA) is 64.6 Å². The summed E-state index contributed by atoms with van der Waals surface area (Å²) >= 11 is 0. The Bertz CT molecular complexity index is 445. The van der Waals surface area contributed by atoms with E-state index in [1.807, 2.05) is 6.07 Å². The second kappa shape index (κ2) is 7.53. The number of amides is 1. The molecule has 0 aliphatic heterocycles. The number of hydrogen-bond acceptors (Lipinski definition) is 4. The first-order valence-electron chi connectivity index (χ1n) is 6.02. The van der Waals surface area contributed by atoms with Crippen LogP contribution in [0.3, 0.4) is 0 Å². The number of carbonyl (C=O) groups excluding carboxylic acids is 2. The number of rotatable bonds is 6. The molecule has 104 valence electrons. The predicted molar refractivity (Wildman–Crippen MR) is 70.7 cm³/mol. The molecule has 1 N–H and O–H groups in total. The number of benzene rings is 1. The first-order chi connectivity index (χ1) is 9.06. The molecule has 0 bridgehead atoms. The van der Waals surface area contributed by atoms with E-state index in [1.54, 1.807) is 32.2 Å². The van der Waals surface area contributed by atoms with Crippen LogP contribution in [0.4, 0.5) is 0 Å². The average Bonchev–Trinajstić information content (AvgIpc) is 2.39. The highest BCUT2D eigenvalue weighted by molar-refractivity contribution is 5.94. The molecule has 1 atom stereocenters. The zero-order valence-corrected chi connectivity index (χ0v) is 11.4. The van der Waals surface area contributed by atoms with Crippen molar-refractivity contribution in [1.82, 2.24) is 5.32 Å². The average molecular weight is 265 g/mol. The molecule has 0 aliphatic carbocycles. The Morgan fingerprint density at radius 3 is 2.68 bits per heavy atom. The zero-order chi connectivity index (χ0) is 14.3. The lowest BCUT2D eigenvalue weighted by Crippen LogP contribution is -2.34. The van der Waals surface area contributed by atoms with Crippen LogP contribution in [0.1, 0.15) is 29.3 Å². The van der Waals surface area contributed by atoms with Crippen molar-refractivity contribution in [2.45, 2.75) is 26.0 Å². The quantitative estimate of drug-likeness (QED) is 0.792. The van der Waals surface area contributed by atoms with Gasteiger partial charge >= 0.3 is 5.97 Å². The second-order valence-electron chi connectivity index (χ2n) is 4.29. The Balaban J connectivity index is 2.62. The summed E-state index contributed by atoms with van der Waals surface area (Å²) in [6.45, 7) is 2.21. The van der Waals surface area contributed by atoms with Gasteiger partial charge in [-0.3, -0.25) is 9.59 Å². The number of carbonyl (C=O) groups is 2. The van der Waals surface area contributed by atoms with Gasteiger partial charge in [-0.05, 0) is 24.6 Å².